The normalized spacial score (nSPS) is 16.4. The molecule has 2 N–H and O–H groups in total. The second-order valence-electron chi connectivity index (χ2n) is 5.24. The molecule has 0 fully saturated rings. The number of hydrazone groups is 2. The van der Waals surface area contributed by atoms with Gasteiger partial charge in [0.2, 0.25) is 17.6 Å². The van der Waals surface area contributed by atoms with Gasteiger partial charge in [-0.25, -0.2) is 10.9 Å². The van der Waals surface area contributed by atoms with Gasteiger partial charge in [-0.1, -0.05) is 0 Å². The van der Waals surface area contributed by atoms with Crippen LogP contribution in [0.1, 0.15) is 18.9 Å². The van der Waals surface area contributed by atoms with Gasteiger partial charge >= 0.3 is 0 Å². The van der Waals surface area contributed by atoms with Gasteiger partial charge in [0.25, 0.3) is 0 Å². The number of carbonyl (C=O) groups excluding carboxylic acids is 2. The van der Waals surface area contributed by atoms with Gasteiger partial charge in [0, 0.05) is 17.7 Å². The smallest absolute Gasteiger partial charge is 0.249 e. The van der Waals surface area contributed by atoms with Crippen molar-refractivity contribution in [3.8, 4) is 17.2 Å². The quantitative estimate of drug-likeness (QED) is 0.556. The minimum atomic E-state index is -0.559. The molecule has 0 aromatic heterocycles. The third-order valence-electron chi connectivity index (χ3n) is 3.64. The van der Waals surface area contributed by atoms with Gasteiger partial charge in [-0.15, -0.1) is 0 Å². The molecular weight excluding hydrogens is 328 g/mol. The van der Waals surface area contributed by atoms with Crippen molar-refractivity contribution in [2.24, 2.45) is 16.1 Å². The lowest BCUT2D eigenvalue weighted by Crippen LogP contribution is -2.29. The Morgan fingerprint density at radius 1 is 1.28 bits per heavy atom. The van der Waals surface area contributed by atoms with Crippen molar-refractivity contribution in [3.63, 3.8) is 0 Å². The van der Waals surface area contributed by atoms with Crippen molar-refractivity contribution < 1.29 is 23.8 Å². The highest BCUT2D eigenvalue weighted by Crippen LogP contribution is 2.37. The zero-order valence-corrected chi connectivity index (χ0v) is 14.5. The van der Waals surface area contributed by atoms with E-state index in [1.54, 1.807) is 19.1 Å². The fourth-order valence-corrected chi connectivity index (χ4v) is 2.31. The maximum atomic E-state index is 11.9. The number of hydrogen-bond acceptors (Lipinski definition) is 7. The second kappa shape index (κ2) is 8.13. The summed E-state index contributed by atoms with van der Waals surface area (Å²) in [5, 5.41) is 7.68. The minimum absolute atomic E-state index is 0.0201. The Morgan fingerprint density at radius 3 is 2.40 bits per heavy atom. The molecular formula is C16H20N4O5. The number of nitrogens with one attached hydrogen (secondary N) is 2. The van der Waals surface area contributed by atoms with Crippen LogP contribution < -0.4 is 25.1 Å². The molecule has 0 saturated heterocycles. The number of nitrogens with zero attached hydrogens (tertiary/aromatic N) is 2. The summed E-state index contributed by atoms with van der Waals surface area (Å²) in [5.41, 5.74) is 5.94. The molecule has 9 nitrogen and oxygen atoms in total. The van der Waals surface area contributed by atoms with E-state index in [0.29, 0.717) is 28.5 Å². The van der Waals surface area contributed by atoms with E-state index in [1.165, 1.54) is 27.5 Å². The van der Waals surface area contributed by atoms with Crippen molar-refractivity contribution in [3.05, 3.63) is 17.7 Å². The lowest BCUT2D eigenvalue weighted by atomic mass is 10.0. The first-order valence-corrected chi connectivity index (χ1v) is 7.46. The maximum absolute atomic E-state index is 11.9. The van der Waals surface area contributed by atoms with Crippen molar-refractivity contribution in [1.82, 2.24) is 10.9 Å². The molecule has 1 aliphatic heterocycles. The molecule has 25 heavy (non-hydrogen) atoms. The number of benzene rings is 1. The molecule has 1 heterocycles. The monoisotopic (exact) mass is 348 g/mol. The van der Waals surface area contributed by atoms with Crippen LogP contribution in [-0.4, -0.2) is 45.1 Å². The van der Waals surface area contributed by atoms with Crippen LogP contribution in [0.15, 0.2) is 22.3 Å². The van der Waals surface area contributed by atoms with Gasteiger partial charge in [0.1, 0.15) is 0 Å². The molecule has 1 unspecified atom stereocenters. The Bertz CT molecular complexity index is 704. The van der Waals surface area contributed by atoms with Crippen molar-refractivity contribution in [2.45, 2.75) is 13.3 Å². The van der Waals surface area contributed by atoms with Crippen LogP contribution >= 0.6 is 0 Å². The summed E-state index contributed by atoms with van der Waals surface area (Å²) in [6.45, 7) is 1.69. The Hall–Kier alpha value is -3.10. The van der Waals surface area contributed by atoms with Gasteiger partial charge in [0.05, 0.1) is 33.5 Å². The molecule has 1 aliphatic rings. The van der Waals surface area contributed by atoms with Crippen LogP contribution in [0.3, 0.4) is 0 Å². The van der Waals surface area contributed by atoms with Crippen molar-refractivity contribution >= 4 is 23.7 Å². The summed E-state index contributed by atoms with van der Waals surface area (Å²) in [7, 11) is 4.53. The Labute approximate surface area is 145 Å². The Kier molecular flexibility index (Phi) is 5.93. The highest BCUT2D eigenvalue weighted by atomic mass is 16.5. The maximum Gasteiger partial charge on any atom is 0.249 e. The lowest BCUT2D eigenvalue weighted by molar-refractivity contribution is -0.127. The van der Waals surface area contributed by atoms with Gasteiger partial charge in [-0.2, -0.15) is 10.2 Å². The second-order valence-corrected chi connectivity index (χ2v) is 5.24. The summed E-state index contributed by atoms with van der Waals surface area (Å²) in [6.07, 6.45) is 1.42. The van der Waals surface area contributed by atoms with Gasteiger partial charge in [0.15, 0.2) is 11.5 Å². The van der Waals surface area contributed by atoms with Crippen LogP contribution in [0.4, 0.5) is 0 Å². The lowest BCUT2D eigenvalue weighted by Gasteiger charge is -2.12. The van der Waals surface area contributed by atoms with Gasteiger partial charge < -0.3 is 14.2 Å². The number of rotatable bonds is 7. The molecule has 134 valence electrons. The van der Waals surface area contributed by atoms with Gasteiger partial charge in [-0.05, 0) is 19.1 Å². The highest BCUT2D eigenvalue weighted by Gasteiger charge is 2.28. The topological polar surface area (TPSA) is 111 Å². The van der Waals surface area contributed by atoms with E-state index in [9.17, 15) is 9.59 Å². The van der Waals surface area contributed by atoms with E-state index >= 15 is 0 Å². The third-order valence-corrected chi connectivity index (χ3v) is 3.64. The number of carbonyl (C=O) groups is 2. The molecule has 1 aromatic rings. The molecule has 1 atom stereocenters. The SMILES string of the molecule is COc1cc(C=NNC(=O)CC2C(=O)NN=C2C)cc(OC)c1OC. The number of amides is 2. The Morgan fingerprint density at radius 2 is 1.92 bits per heavy atom. The minimum Gasteiger partial charge on any atom is -0.493 e. The number of methoxy groups -OCH3 is 3. The molecule has 0 bridgehead atoms. The molecule has 0 radical (unpaired) electrons. The largest absolute Gasteiger partial charge is 0.493 e. The van der Waals surface area contributed by atoms with Gasteiger partial charge in [-0.3, -0.25) is 9.59 Å². The highest BCUT2D eigenvalue weighted by molar-refractivity contribution is 6.09. The molecule has 0 aliphatic carbocycles. The van der Waals surface area contributed by atoms with E-state index in [1.807, 2.05) is 0 Å². The third kappa shape index (κ3) is 4.25. The summed E-state index contributed by atoms with van der Waals surface area (Å²) in [4.78, 5) is 23.4. The molecule has 2 amide bonds. The van der Waals surface area contributed by atoms with E-state index in [4.69, 9.17) is 14.2 Å². The first kappa shape index (κ1) is 18.2. The zero-order valence-electron chi connectivity index (χ0n) is 14.5. The number of hydrogen-bond donors (Lipinski definition) is 2. The molecule has 0 saturated carbocycles. The predicted octanol–water partition coefficient (Wildman–Crippen LogP) is 0.674. The van der Waals surface area contributed by atoms with E-state index in [-0.39, 0.29) is 18.2 Å². The molecule has 1 aromatic carbocycles. The zero-order chi connectivity index (χ0) is 18.4. The summed E-state index contributed by atoms with van der Waals surface area (Å²) < 4.78 is 15.7. The van der Waals surface area contributed by atoms with E-state index in [0.717, 1.165) is 0 Å². The molecule has 9 heteroatoms. The summed E-state index contributed by atoms with van der Waals surface area (Å²) >= 11 is 0. The summed E-state index contributed by atoms with van der Waals surface area (Å²) in [6, 6.07) is 3.39. The number of ether oxygens (including phenoxy) is 3. The van der Waals surface area contributed by atoms with Crippen LogP contribution in [0.25, 0.3) is 0 Å². The standard InChI is InChI=1S/C16H20N4O5/c1-9-11(16(22)20-18-9)7-14(21)19-17-8-10-5-12(23-2)15(25-4)13(6-10)24-3/h5-6,8,11H,7H2,1-4H3,(H,19,21)(H,20,22). The van der Waals surface area contributed by atoms with Crippen LogP contribution in [-0.2, 0) is 9.59 Å². The van der Waals surface area contributed by atoms with E-state index < -0.39 is 5.92 Å². The van der Waals surface area contributed by atoms with Crippen molar-refractivity contribution in [2.75, 3.05) is 21.3 Å². The molecule has 2 rings (SSSR count). The van der Waals surface area contributed by atoms with E-state index in [2.05, 4.69) is 21.1 Å². The first-order valence-electron chi connectivity index (χ1n) is 7.46. The van der Waals surface area contributed by atoms with Crippen LogP contribution in [0.2, 0.25) is 0 Å². The first-order chi connectivity index (χ1) is 12.0. The Balaban J connectivity index is 2.03. The fourth-order valence-electron chi connectivity index (χ4n) is 2.31. The fraction of sp³-hybridized carbons (Fsp3) is 0.375. The van der Waals surface area contributed by atoms with Crippen LogP contribution in [0.5, 0.6) is 17.2 Å². The molecule has 0 spiro atoms. The average molecular weight is 348 g/mol. The van der Waals surface area contributed by atoms with Crippen LogP contribution in [0, 0.1) is 5.92 Å². The average Bonchev–Trinajstić information content (AvgIpc) is 2.92. The summed E-state index contributed by atoms with van der Waals surface area (Å²) in [5.74, 6) is 0.180. The predicted molar refractivity (Wildman–Crippen MR) is 91.2 cm³/mol. The van der Waals surface area contributed by atoms with Crippen molar-refractivity contribution in [1.29, 1.82) is 0 Å².